The van der Waals surface area contributed by atoms with Gasteiger partial charge in [-0.2, -0.15) is 10.5 Å². The van der Waals surface area contributed by atoms with E-state index in [0.717, 1.165) is 5.69 Å². The molecule has 0 amide bonds. The smallest absolute Gasteiger partial charge is 0.173 e. The van der Waals surface area contributed by atoms with E-state index in [1.54, 1.807) is 0 Å². The number of nitriles is 2. The quantitative estimate of drug-likeness (QED) is 0.813. The van der Waals surface area contributed by atoms with Crippen LogP contribution in [0.5, 0.6) is 0 Å². The summed E-state index contributed by atoms with van der Waals surface area (Å²) >= 11 is 5.43. The Kier molecular flexibility index (Phi) is 7.21. The van der Waals surface area contributed by atoms with Crippen LogP contribution in [0.25, 0.3) is 0 Å². The molecule has 0 fully saturated rings. The first-order valence-corrected chi connectivity index (χ1v) is 7.39. The zero-order valence-electron chi connectivity index (χ0n) is 12.5. The van der Waals surface area contributed by atoms with Crippen molar-refractivity contribution in [2.45, 2.75) is 32.6 Å². The Morgan fingerprint density at radius 2 is 1.76 bits per heavy atom. The standard InChI is InChI=1S/C16H20N4S/c1-13(2)14-7-3-4-8-15(14)19-16(21)20(11-5-9-17)12-6-10-18/h3-4,7-8,13H,5-6,11-12H2,1-2H3,(H,19,21). The predicted molar refractivity (Wildman–Crippen MR) is 88.8 cm³/mol. The van der Waals surface area contributed by atoms with E-state index in [4.69, 9.17) is 22.7 Å². The third-order valence-electron chi connectivity index (χ3n) is 3.10. The van der Waals surface area contributed by atoms with Gasteiger partial charge in [-0.15, -0.1) is 0 Å². The molecule has 0 saturated carbocycles. The lowest BCUT2D eigenvalue weighted by atomic mass is 10.0. The van der Waals surface area contributed by atoms with Gasteiger partial charge in [0.05, 0.1) is 25.0 Å². The maximum absolute atomic E-state index is 8.72. The lowest BCUT2D eigenvalue weighted by Crippen LogP contribution is -2.36. The molecule has 0 bridgehead atoms. The first kappa shape index (κ1) is 16.9. The lowest BCUT2D eigenvalue weighted by Gasteiger charge is -2.25. The summed E-state index contributed by atoms with van der Waals surface area (Å²) in [6.45, 7) is 5.33. The van der Waals surface area contributed by atoms with Gasteiger partial charge in [0.15, 0.2) is 5.11 Å². The summed E-state index contributed by atoms with van der Waals surface area (Å²) < 4.78 is 0. The van der Waals surface area contributed by atoms with Gasteiger partial charge in [-0.1, -0.05) is 32.0 Å². The average Bonchev–Trinajstić information content (AvgIpc) is 2.47. The Bertz CT molecular complexity index is 536. The number of anilines is 1. The highest BCUT2D eigenvalue weighted by molar-refractivity contribution is 7.80. The molecule has 0 aliphatic carbocycles. The number of nitrogens with one attached hydrogen (secondary N) is 1. The number of para-hydroxylation sites is 1. The van der Waals surface area contributed by atoms with Crippen molar-refractivity contribution in [3.8, 4) is 12.1 Å². The molecule has 0 aromatic heterocycles. The number of nitrogens with zero attached hydrogens (tertiary/aromatic N) is 3. The Balaban J connectivity index is 2.81. The van der Waals surface area contributed by atoms with E-state index in [1.165, 1.54) is 5.56 Å². The first-order valence-electron chi connectivity index (χ1n) is 6.99. The van der Waals surface area contributed by atoms with Crippen molar-refractivity contribution in [3.05, 3.63) is 29.8 Å². The van der Waals surface area contributed by atoms with Crippen molar-refractivity contribution in [2.75, 3.05) is 18.4 Å². The molecule has 0 spiro atoms. The molecular weight excluding hydrogens is 280 g/mol. The van der Waals surface area contributed by atoms with Crippen LogP contribution < -0.4 is 5.32 Å². The SMILES string of the molecule is CC(C)c1ccccc1NC(=S)N(CCC#N)CCC#N. The van der Waals surface area contributed by atoms with E-state index < -0.39 is 0 Å². The topological polar surface area (TPSA) is 62.9 Å². The van der Waals surface area contributed by atoms with E-state index in [2.05, 4.69) is 37.4 Å². The minimum Gasteiger partial charge on any atom is -0.347 e. The molecule has 5 heteroatoms. The van der Waals surface area contributed by atoms with Crippen LogP contribution in [0, 0.1) is 22.7 Å². The van der Waals surface area contributed by atoms with Crippen LogP contribution in [0.15, 0.2) is 24.3 Å². The van der Waals surface area contributed by atoms with Crippen LogP contribution >= 0.6 is 12.2 Å². The van der Waals surface area contributed by atoms with Crippen molar-refractivity contribution >= 4 is 23.0 Å². The molecule has 1 aromatic carbocycles. The van der Waals surface area contributed by atoms with Crippen molar-refractivity contribution in [2.24, 2.45) is 0 Å². The molecule has 0 aliphatic heterocycles. The highest BCUT2D eigenvalue weighted by Gasteiger charge is 2.12. The van der Waals surface area contributed by atoms with Gasteiger partial charge in [-0.25, -0.2) is 0 Å². The fraction of sp³-hybridized carbons (Fsp3) is 0.438. The molecule has 0 aliphatic rings. The largest absolute Gasteiger partial charge is 0.347 e. The van der Waals surface area contributed by atoms with Crippen LogP contribution in [0.3, 0.4) is 0 Å². The normalized spacial score (nSPS) is 9.76. The fourth-order valence-electron chi connectivity index (χ4n) is 1.99. The zero-order valence-corrected chi connectivity index (χ0v) is 13.3. The fourth-order valence-corrected chi connectivity index (χ4v) is 2.29. The molecule has 1 aromatic rings. The summed E-state index contributed by atoms with van der Waals surface area (Å²) in [5, 5.41) is 21.3. The van der Waals surface area contributed by atoms with E-state index in [0.29, 0.717) is 37.0 Å². The van der Waals surface area contributed by atoms with Gasteiger partial charge in [-0.05, 0) is 29.8 Å². The summed E-state index contributed by atoms with van der Waals surface area (Å²) in [4.78, 5) is 1.87. The van der Waals surface area contributed by atoms with Crippen molar-refractivity contribution < 1.29 is 0 Å². The Hall–Kier alpha value is -2.11. The zero-order chi connectivity index (χ0) is 15.7. The Morgan fingerprint density at radius 3 is 2.29 bits per heavy atom. The van der Waals surface area contributed by atoms with E-state index in [-0.39, 0.29) is 0 Å². The highest BCUT2D eigenvalue weighted by atomic mass is 32.1. The molecule has 0 saturated heterocycles. The second-order valence-corrected chi connectivity index (χ2v) is 5.36. The minimum atomic E-state index is 0.388. The molecule has 0 radical (unpaired) electrons. The maximum Gasteiger partial charge on any atom is 0.173 e. The monoisotopic (exact) mass is 300 g/mol. The second-order valence-electron chi connectivity index (χ2n) is 4.98. The van der Waals surface area contributed by atoms with E-state index in [1.807, 2.05) is 23.1 Å². The number of benzene rings is 1. The molecule has 1 N–H and O–H groups in total. The summed E-state index contributed by atoms with van der Waals surface area (Å²) in [5.41, 5.74) is 2.18. The highest BCUT2D eigenvalue weighted by Crippen LogP contribution is 2.24. The third-order valence-corrected chi connectivity index (χ3v) is 3.46. The predicted octanol–water partition coefficient (Wildman–Crippen LogP) is 3.64. The van der Waals surface area contributed by atoms with Gasteiger partial charge < -0.3 is 10.2 Å². The Morgan fingerprint density at radius 1 is 1.19 bits per heavy atom. The van der Waals surface area contributed by atoms with Crippen molar-refractivity contribution in [1.82, 2.24) is 4.90 Å². The number of thiocarbonyl (C=S) groups is 1. The van der Waals surface area contributed by atoms with Crippen LogP contribution in [-0.2, 0) is 0 Å². The van der Waals surface area contributed by atoms with E-state index >= 15 is 0 Å². The lowest BCUT2D eigenvalue weighted by molar-refractivity contribution is 0.443. The van der Waals surface area contributed by atoms with Crippen LogP contribution in [-0.4, -0.2) is 23.1 Å². The minimum absolute atomic E-state index is 0.388. The van der Waals surface area contributed by atoms with Gasteiger partial charge in [0, 0.05) is 18.8 Å². The third kappa shape index (κ3) is 5.41. The summed E-state index contributed by atoms with van der Waals surface area (Å²) in [6.07, 6.45) is 0.776. The molecule has 21 heavy (non-hydrogen) atoms. The summed E-state index contributed by atoms with van der Waals surface area (Å²) in [6, 6.07) is 12.3. The van der Waals surface area contributed by atoms with Crippen molar-refractivity contribution in [1.29, 1.82) is 10.5 Å². The van der Waals surface area contributed by atoms with Crippen LogP contribution in [0.1, 0.15) is 38.2 Å². The molecule has 110 valence electrons. The average molecular weight is 300 g/mol. The molecular formula is C16H20N4S. The van der Waals surface area contributed by atoms with Crippen molar-refractivity contribution in [3.63, 3.8) is 0 Å². The molecule has 0 heterocycles. The molecule has 0 unspecified atom stereocenters. The summed E-state index contributed by atoms with van der Waals surface area (Å²) in [7, 11) is 0. The molecule has 1 rings (SSSR count). The van der Waals surface area contributed by atoms with Gasteiger partial charge in [0.1, 0.15) is 0 Å². The molecule has 0 atom stereocenters. The Labute approximate surface area is 132 Å². The van der Waals surface area contributed by atoms with Crippen LogP contribution in [0.4, 0.5) is 5.69 Å². The second kappa shape index (κ2) is 8.94. The van der Waals surface area contributed by atoms with Gasteiger partial charge in [0.2, 0.25) is 0 Å². The number of hydrogen-bond donors (Lipinski definition) is 1. The van der Waals surface area contributed by atoms with Gasteiger partial charge >= 0.3 is 0 Å². The van der Waals surface area contributed by atoms with Gasteiger partial charge in [-0.3, -0.25) is 0 Å². The first-order chi connectivity index (χ1) is 10.1. The number of hydrogen-bond acceptors (Lipinski definition) is 3. The van der Waals surface area contributed by atoms with Crippen LogP contribution in [0.2, 0.25) is 0 Å². The van der Waals surface area contributed by atoms with E-state index in [9.17, 15) is 0 Å². The molecule has 4 nitrogen and oxygen atoms in total. The summed E-state index contributed by atoms with van der Waals surface area (Å²) in [5.74, 6) is 0.392. The van der Waals surface area contributed by atoms with Gasteiger partial charge in [0.25, 0.3) is 0 Å². The number of rotatable bonds is 6. The maximum atomic E-state index is 8.72.